The fourth-order valence-electron chi connectivity index (χ4n) is 2.61. The van der Waals surface area contributed by atoms with Crippen LogP contribution >= 0.6 is 0 Å². The standard InChI is InChI=1S/C11H20N2O/c1-4-12-6-9-5-10(7-12)13(9)11(14)8(2)3/h8-10H,4-7H2,1-3H3. The summed E-state index contributed by atoms with van der Waals surface area (Å²) in [4.78, 5) is 16.4. The molecule has 0 saturated carbocycles. The van der Waals surface area contributed by atoms with E-state index in [0.29, 0.717) is 18.0 Å². The maximum Gasteiger partial charge on any atom is 0.225 e. The van der Waals surface area contributed by atoms with Crippen LogP contribution < -0.4 is 0 Å². The molecule has 80 valence electrons. The first-order valence-electron chi connectivity index (χ1n) is 5.68. The number of piperazine rings is 1. The van der Waals surface area contributed by atoms with E-state index >= 15 is 0 Å². The maximum atomic E-state index is 11.8. The van der Waals surface area contributed by atoms with Gasteiger partial charge in [0.25, 0.3) is 0 Å². The summed E-state index contributed by atoms with van der Waals surface area (Å²) >= 11 is 0. The Morgan fingerprint density at radius 3 is 2.36 bits per heavy atom. The number of carbonyl (C=O) groups is 1. The number of amides is 1. The van der Waals surface area contributed by atoms with Crippen molar-refractivity contribution in [2.24, 2.45) is 5.92 Å². The molecule has 3 nitrogen and oxygen atoms in total. The molecular formula is C11H20N2O. The van der Waals surface area contributed by atoms with Gasteiger partial charge in [0.05, 0.1) is 0 Å². The van der Waals surface area contributed by atoms with Crippen molar-refractivity contribution in [1.29, 1.82) is 0 Å². The van der Waals surface area contributed by atoms with Crippen LogP contribution in [0, 0.1) is 5.92 Å². The first-order chi connectivity index (χ1) is 6.63. The molecule has 0 aliphatic carbocycles. The van der Waals surface area contributed by atoms with Crippen LogP contribution in [0.4, 0.5) is 0 Å². The normalized spacial score (nSPS) is 31.9. The average molecular weight is 196 g/mol. The van der Waals surface area contributed by atoms with Crippen LogP contribution in [0.2, 0.25) is 0 Å². The highest BCUT2D eigenvalue weighted by atomic mass is 16.2. The third-order valence-corrected chi connectivity index (χ3v) is 3.46. The van der Waals surface area contributed by atoms with Crippen LogP contribution in [0.15, 0.2) is 0 Å². The second-order valence-corrected chi connectivity index (χ2v) is 4.80. The molecule has 3 fully saturated rings. The highest BCUT2D eigenvalue weighted by Gasteiger charge is 2.46. The van der Waals surface area contributed by atoms with Gasteiger partial charge in [0.1, 0.15) is 0 Å². The SMILES string of the molecule is CCN1CC2CC(C1)N2C(=O)C(C)C. The van der Waals surface area contributed by atoms with E-state index < -0.39 is 0 Å². The average Bonchev–Trinajstić information content (AvgIpc) is 2.17. The Hall–Kier alpha value is -0.570. The molecule has 3 heteroatoms. The minimum atomic E-state index is 0.161. The van der Waals surface area contributed by atoms with E-state index in [-0.39, 0.29) is 5.92 Å². The van der Waals surface area contributed by atoms with Crippen molar-refractivity contribution in [3.8, 4) is 0 Å². The minimum Gasteiger partial charge on any atom is -0.334 e. The predicted molar refractivity (Wildman–Crippen MR) is 56.0 cm³/mol. The molecule has 0 aromatic carbocycles. The third-order valence-electron chi connectivity index (χ3n) is 3.46. The molecule has 3 aliphatic rings. The van der Waals surface area contributed by atoms with Crippen molar-refractivity contribution in [2.45, 2.75) is 39.3 Å². The number of piperidine rings is 1. The van der Waals surface area contributed by atoms with Crippen molar-refractivity contribution in [3.63, 3.8) is 0 Å². The summed E-state index contributed by atoms with van der Waals surface area (Å²) in [7, 11) is 0. The number of rotatable bonds is 2. The Balaban J connectivity index is 1.97. The van der Waals surface area contributed by atoms with Crippen LogP contribution in [0.25, 0.3) is 0 Å². The lowest BCUT2D eigenvalue weighted by molar-refractivity contribution is -0.157. The van der Waals surface area contributed by atoms with Crippen LogP contribution in [0.3, 0.4) is 0 Å². The van der Waals surface area contributed by atoms with Crippen molar-refractivity contribution in [1.82, 2.24) is 9.80 Å². The third kappa shape index (κ3) is 1.44. The molecule has 0 spiro atoms. The first kappa shape index (κ1) is 9.97. The van der Waals surface area contributed by atoms with E-state index in [1.54, 1.807) is 0 Å². The van der Waals surface area contributed by atoms with E-state index in [0.717, 1.165) is 19.6 Å². The summed E-state index contributed by atoms with van der Waals surface area (Å²) < 4.78 is 0. The largest absolute Gasteiger partial charge is 0.334 e. The van der Waals surface area contributed by atoms with Crippen LogP contribution in [0.1, 0.15) is 27.2 Å². The van der Waals surface area contributed by atoms with E-state index in [4.69, 9.17) is 0 Å². The molecule has 1 amide bonds. The topological polar surface area (TPSA) is 23.6 Å². The Kier molecular flexibility index (Phi) is 2.52. The summed E-state index contributed by atoms with van der Waals surface area (Å²) in [5.41, 5.74) is 0. The van der Waals surface area contributed by atoms with Gasteiger partial charge in [-0.15, -0.1) is 0 Å². The van der Waals surface area contributed by atoms with Gasteiger partial charge in [-0.2, -0.15) is 0 Å². The van der Waals surface area contributed by atoms with Crippen molar-refractivity contribution < 1.29 is 4.79 Å². The predicted octanol–water partition coefficient (Wildman–Crippen LogP) is 0.947. The van der Waals surface area contributed by atoms with Crippen molar-refractivity contribution >= 4 is 5.91 Å². The number of hydrogen-bond donors (Lipinski definition) is 0. The van der Waals surface area contributed by atoms with Crippen LogP contribution in [0.5, 0.6) is 0 Å². The number of fused-ring (bicyclic) bond motifs is 2. The van der Waals surface area contributed by atoms with Gasteiger partial charge in [-0.05, 0) is 13.0 Å². The highest BCUT2D eigenvalue weighted by molar-refractivity contribution is 5.80. The summed E-state index contributed by atoms with van der Waals surface area (Å²) in [6, 6.07) is 1.03. The van der Waals surface area contributed by atoms with Gasteiger partial charge in [-0.1, -0.05) is 20.8 Å². The lowest BCUT2D eigenvalue weighted by Crippen LogP contribution is -2.70. The quantitative estimate of drug-likeness (QED) is 0.656. The van der Waals surface area contributed by atoms with E-state index in [2.05, 4.69) is 16.7 Å². The fraction of sp³-hybridized carbons (Fsp3) is 0.909. The second-order valence-electron chi connectivity index (χ2n) is 4.80. The summed E-state index contributed by atoms with van der Waals surface area (Å²) in [6.07, 6.45) is 1.23. The summed E-state index contributed by atoms with van der Waals surface area (Å²) in [5.74, 6) is 0.510. The zero-order valence-corrected chi connectivity index (χ0v) is 9.36. The Morgan fingerprint density at radius 2 is 1.93 bits per heavy atom. The zero-order valence-electron chi connectivity index (χ0n) is 9.36. The number of nitrogens with zero attached hydrogens (tertiary/aromatic N) is 2. The molecular weight excluding hydrogens is 176 g/mol. The second kappa shape index (κ2) is 3.54. The lowest BCUT2D eigenvalue weighted by atomic mass is 9.86. The zero-order chi connectivity index (χ0) is 10.3. The van der Waals surface area contributed by atoms with Crippen LogP contribution in [-0.2, 0) is 4.79 Å². The van der Waals surface area contributed by atoms with Gasteiger partial charge in [0.2, 0.25) is 5.91 Å². The molecule has 0 radical (unpaired) electrons. The first-order valence-corrected chi connectivity index (χ1v) is 5.68. The van der Waals surface area contributed by atoms with Gasteiger partial charge >= 0.3 is 0 Å². The fourth-order valence-corrected chi connectivity index (χ4v) is 2.61. The van der Waals surface area contributed by atoms with E-state index in [1.807, 2.05) is 13.8 Å². The van der Waals surface area contributed by atoms with Gasteiger partial charge in [-0.3, -0.25) is 9.69 Å². The highest BCUT2D eigenvalue weighted by Crippen LogP contribution is 2.33. The molecule has 3 rings (SSSR count). The van der Waals surface area contributed by atoms with Gasteiger partial charge in [0, 0.05) is 31.1 Å². The van der Waals surface area contributed by atoms with E-state index in [9.17, 15) is 4.79 Å². The molecule has 0 aromatic rings. The van der Waals surface area contributed by atoms with Crippen molar-refractivity contribution in [3.05, 3.63) is 0 Å². The number of hydrogen-bond acceptors (Lipinski definition) is 2. The number of carbonyl (C=O) groups excluding carboxylic acids is 1. The van der Waals surface area contributed by atoms with Gasteiger partial charge in [0.15, 0.2) is 0 Å². The molecule has 2 bridgehead atoms. The Labute approximate surface area is 86.1 Å². The van der Waals surface area contributed by atoms with Gasteiger partial charge in [-0.25, -0.2) is 0 Å². The van der Waals surface area contributed by atoms with E-state index in [1.165, 1.54) is 6.42 Å². The molecule has 3 aliphatic heterocycles. The van der Waals surface area contributed by atoms with Gasteiger partial charge < -0.3 is 4.90 Å². The summed E-state index contributed by atoms with van der Waals surface area (Å²) in [6.45, 7) is 9.48. The molecule has 2 unspecified atom stereocenters. The Bertz CT molecular complexity index is 227. The smallest absolute Gasteiger partial charge is 0.225 e. The summed E-state index contributed by atoms with van der Waals surface area (Å²) in [5, 5.41) is 0. The molecule has 3 saturated heterocycles. The van der Waals surface area contributed by atoms with Crippen LogP contribution in [-0.4, -0.2) is 47.4 Å². The molecule has 0 aromatic heterocycles. The monoisotopic (exact) mass is 196 g/mol. The lowest BCUT2D eigenvalue weighted by Gasteiger charge is -2.56. The number of likely N-dealkylation sites (N-methyl/N-ethyl adjacent to an activating group) is 1. The Morgan fingerprint density at radius 1 is 1.36 bits per heavy atom. The maximum absolute atomic E-state index is 11.8. The van der Waals surface area contributed by atoms with Crippen molar-refractivity contribution in [2.75, 3.05) is 19.6 Å². The molecule has 2 atom stereocenters. The molecule has 14 heavy (non-hydrogen) atoms. The molecule has 0 N–H and O–H groups in total. The minimum absolute atomic E-state index is 0.161. The molecule has 3 heterocycles.